The maximum Gasteiger partial charge on any atom is 0.338 e. The van der Waals surface area contributed by atoms with E-state index in [1.54, 1.807) is 49.4 Å². The van der Waals surface area contributed by atoms with Crippen molar-refractivity contribution in [3.63, 3.8) is 0 Å². The number of hydrogen-bond acceptors (Lipinski definition) is 4. The highest BCUT2D eigenvalue weighted by Crippen LogP contribution is 2.23. The molecule has 0 spiro atoms. The second-order valence-electron chi connectivity index (χ2n) is 6.51. The molecule has 3 rings (SSSR count). The summed E-state index contributed by atoms with van der Waals surface area (Å²) in [6.07, 6.45) is 1.63. The van der Waals surface area contributed by atoms with Crippen LogP contribution in [-0.2, 0) is 16.1 Å². The van der Waals surface area contributed by atoms with Crippen LogP contribution in [0, 0.1) is 5.82 Å². The van der Waals surface area contributed by atoms with E-state index in [-0.39, 0.29) is 23.7 Å². The van der Waals surface area contributed by atoms with Gasteiger partial charge in [-0.3, -0.25) is 9.69 Å². The lowest BCUT2D eigenvalue weighted by molar-refractivity contribution is -0.120. The minimum Gasteiger partial charge on any atom is -0.462 e. The summed E-state index contributed by atoms with van der Waals surface area (Å²) in [5.74, 6) is -0.756. The van der Waals surface area contributed by atoms with E-state index in [1.165, 1.54) is 6.07 Å². The van der Waals surface area contributed by atoms with Crippen LogP contribution in [0.3, 0.4) is 0 Å². The summed E-state index contributed by atoms with van der Waals surface area (Å²) < 4.78 is 18.9. The average Bonchev–Trinajstić information content (AvgIpc) is 3.13. The molecule has 1 amide bonds. The molecule has 1 fully saturated rings. The predicted octanol–water partition coefficient (Wildman–Crippen LogP) is 3.61. The highest BCUT2D eigenvalue weighted by atomic mass is 19.1. The maximum atomic E-state index is 13.9. The number of esters is 1. The van der Waals surface area contributed by atoms with Gasteiger partial charge >= 0.3 is 5.97 Å². The number of anilines is 1. The van der Waals surface area contributed by atoms with Crippen molar-refractivity contribution in [3.05, 3.63) is 65.5 Å². The summed E-state index contributed by atoms with van der Waals surface area (Å²) in [6, 6.07) is 13.0. The standard InChI is InChI=1S/C21H23FN2O3/c1-2-27-21(26)15-9-11-17(12-10-15)23-20(25)19-8-5-13-24(19)14-16-6-3-4-7-18(16)22/h3-4,6-7,9-12,19H,2,5,8,13-14H2,1H3,(H,23,25). The van der Waals surface area contributed by atoms with Gasteiger partial charge in [0.1, 0.15) is 5.82 Å². The summed E-state index contributed by atoms with van der Waals surface area (Å²) in [4.78, 5) is 26.4. The molecule has 2 aromatic rings. The van der Waals surface area contributed by atoms with Crippen molar-refractivity contribution in [1.82, 2.24) is 4.90 Å². The van der Waals surface area contributed by atoms with Crippen LogP contribution in [0.25, 0.3) is 0 Å². The third kappa shape index (κ3) is 4.71. The number of rotatable bonds is 6. The van der Waals surface area contributed by atoms with E-state index < -0.39 is 0 Å². The fraction of sp³-hybridized carbons (Fsp3) is 0.333. The molecule has 1 atom stereocenters. The van der Waals surface area contributed by atoms with Crippen LogP contribution in [0.5, 0.6) is 0 Å². The van der Waals surface area contributed by atoms with Crippen molar-refractivity contribution in [2.75, 3.05) is 18.5 Å². The second-order valence-corrected chi connectivity index (χ2v) is 6.51. The Bertz CT molecular complexity index is 807. The van der Waals surface area contributed by atoms with Crippen LogP contribution in [0.2, 0.25) is 0 Å². The number of ether oxygens (including phenoxy) is 1. The molecule has 1 aliphatic rings. The van der Waals surface area contributed by atoms with Gasteiger partial charge in [-0.25, -0.2) is 9.18 Å². The fourth-order valence-electron chi connectivity index (χ4n) is 3.29. The SMILES string of the molecule is CCOC(=O)c1ccc(NC(=O)C2CCCN2Cc2ccccc2F)cc1. The van der Waals surface area contributed by atoms with Gasteiger partial charge in [0.15, 0.2) is 0 Å². The van der Waals surface area contributed by atoms with Crippen LogP contribution in [0.4, 0.5) is 10.1 Å². The Morgan fingerprint density at radius 3 is 2.63 bits per heavy atom. The first-order valence-electron chi connectivity index (χ1n) is 9.14. The first-order valence-corrected chi connectivity index (χ1v) is 9.14. The van der Waals surface area contributed by atoms with Crippen LogP contribution in [-0.4, -0.2) is 36.0 Å². The molecule has 6 heteroatoms. The molecular formula is C21H23FN2O3. The Kier molecular flexibility index (Phi) is 6.19. The summed E-state index contributed by atoms with van der Waals surface area (Å²) in [7, 11) is 0. The quantitative estimate of drug-likeness (QED) is 0.790. The molecule has 1 saturated heterocycles. The van der Waals surface area contributed by atoms with Crippen molar-refractivity contribution < 1.29 is 18.7 Å². The van der Waals surface area contributed by atoms with Gasteiger partial charge in [-0.2, -0.15) is 0 Å². The minimum absolute atomic E-state index is 0.118. The van der Waals surface area contributed by atoms with E-state index in [0.29, 0.717) is 30.0 Å². The molecule has 1 heterocycles. The number of amides is 1. The first kappa shape index (κ1) is 19.0. The van der Waals surface area contributed by atoms with Gasteiger partial charge in [0.25, 0.3) is 0 Å². The Morgan fingerprint density at radius 1 is 1.19 bits per heavy atom. The highest BCUT2D eigenvalue weighted by Gasteiger charge is 2.31. The van der Waals surface area contributed by atoms with E-state index >= 15 is 0 Å². The van der Waals surface area contributed by atoms with Crippen LogP contribution >= 0.6 is 0 Å². The molecule has 0 radical (unpaired) electrons. The molecule has 0 saturated carbocycles. The number of halogens is 1. The molecule has 0 bridgehead atoms. The number of nitrogens with zero attached hydrogens (tertiary/aromatic N) is 1. The Labute approximate surface area is 158 Å². The number of benzene rings is 2. The predicted molar refractivity (Wildman–Crippen MR) is 101 cm³/mol. The van der Waals surface area contributed by atoms with Gasteiger partial charge in [0, 0.05) is 17.8 Å². The Balaban J connectivity index is 1.63. The van der Waals surface area contributed by atoms with Gasteiger partial charge in [-0.15, -0.1) is 0 Å². The van der Waals surface area contributed by atoms with Crippen LogP contribution in [0.15, 0.2) is 48.5 Å². The van der Waals surface area contributed by atoms with Crippen LogP contribution < -0.4 is 5.32 Å². The molecule has 27 heavy (non-hydrogen) atoms. The van der Waals surface area contributed by atoms with Crippen molar-refractivity contribution >= 4 is 17.6 Å². The van der Waals surface area contributed by atoms with Crippen molar-refractivity contribution in [2.45, 2.75) is 32.4 Å². The minimum atomic E-state index is -0.387. The largest absolute Gasteiger partial charge is 0.462 e. The van der Waals surface area contributed by atoms with E-state index in [1.807, 2.05) is 4.90 Å². The van der Waals surface area contributed by atoms with Gasteiger partial charge in [0.2, 0.25) is 5.91 Å². The Hall–Kier alpha value is -2.73. The molecule has 1 aliphatic heterocycles. The van der Waals surface area contributed by atoms with E-state index in [9.17, 15) is 14.0 Å². The zero-order valence-corrected chi connectivity index (χ0v) is 15.3. The first-order chi connectivity index (χ1) is 13.1. The molecule has 5 nitrogen and oxygen atoms in total. The van der Waals surface area contributed by atoms with E-state index in [0.717, 1.165) is 19.4 Å². The van der Waals surface area contributed by atoms with Crippen molar-refractivity contribution in [3.8, 4) is 0 Å². The van der Waals surface area contributed by atoms with E-state index in [4.69, 9.17) is 4.74 Å². The molecular weight excluding hydrogens is 347 g/mol. The molecule has 142 valence electrons. The average molecular weight is 370 g/mol. The number of likely N-dealkylation sites (tertiary alicyclic amines) is 1. The van der Waals surface area contributed by atoms with Gasteiger partial charge in [0.05, 0.1) is 18.2 Å². The molecule has 0 aromatic heterocycles. The molecule has 1 unspecified atom stereocenters. The Morgan fingerprint density at radius 2 is 1.93 bits per heavy atom. The number of hydrogen-bond donors (Lipinski definition) is 1. The number of carbonyl (C=O) groups is 2. The third-order valence-corrected chi connectivity index (χ3v) is 4.66. The molecule has 1 N–H and O–H groups in total. The lowest BCUT2D eigenvalue weighted by Gasteiger charge is -2.24. The molecule has 2 aromatic carbocycles. The lowest BCUT2D eigenvalue weighted by Crippen LogP contribution is -2.39. The number of carbonyl (C=O) groups excluding carboxylic acids is 2. The van der Waals surface area contributed by atoms with Gasteiger partial charge in [-0.1, -0.05) is 18.2 Å². The normalized spacial score (nSPS) is 16.9. The zero-order chi connectivity index (χ0) is 19.2. The summed E-state index contributed by atoms with van der Waals surface area (Å²) in [6.45, 7) is 3.23. The highest BCUT2D eigenvalue weighted by molar-refractivity contribution is 5.96. The van der Waals surface area contributed by atoms with E-state index in [2.05, 4.69) is 5.32 Å². The molecule has 0 aliphatic carbocycles. The monoisotopic (exact) mass is 370 g/mol. The smallest absolute Gasteiger partial charge is 0.338 e. The second kappa shape index (κ2) is 8.77. The summed E-state index contributed by atoms with van der Waals surface area (Å²) in [5.41, 5.74) is 1.65. The number of nitrogens with one attached hydrogen (secondary N) is 1. The van der Waals surface area contributed by atoms with Crippen LogP contribution in [0.1, 0.15) is 35.7 Å². The lowest BCUT2D eigenvalue weighted by atomic mass is 10.1. The van der Waals surface area contributed by atoms with Gasteiger partial charge in [-0.05, 0) is 56.6 Å². The topological polar surface area (TPSA) is 58.6 Å². The van der Waals surface area contributed by atoms with Crippen molar-refractivity contribution in [1.29, 1.82) is 0 Å². The van der Waals surface area contributed by atoms with Gasteiger partial charge < -0.3 is 10.1 Å². The van der Waals surface area contributed by atoms with Crippen molar-refractivity contribution in [2.24, 2.45) is 0 Å². The summed E-state index contributed by atoms with van der Waals surface area (Å²) in [5, 5.41) is 2.89. The summed E-state index contributed by atoms with van der Waals surface area (Å²) >= 11 is 0. The maximum absolute atomic E-state index is 13.9. The zero-order valence-electron chi connectivity index (χ0n) is 15.3. The fourth-order valence-corrected chi connectivity index (χ4v) is 3.29. The third-order valence-electron chi connectivity index (χ3n) is 4.66.